The van der Waals surface area contributed by atoms with Gasteiger partial charge in [-0.2, -0.15) is 0 Å². The number of fused-ring (bicyclic) bond motifs is 1. The summed E-state index contributed by atoms with van der Waals surface area (Å²) in [6.07, 6.45) is 0.205. The number of nitrogens with zero attached hydrogens (tertiary/aromatic N) is 1. The molecule has 3 aromatic rings. The van der Waals surface area contributed by atoms with E-state index in [1.807, 2.05) is 37.3 Å². The summed E-state index contributed by atoms with van der Waals surface area (Å²) in [6, 6.07) is 15.5. The average molecular weight is 406 g/mol. The molecule has 0 saturated carbocycles. The lowest BCUT2D eigenvalue weighted by atomic mass is 9.98. The highest BCUT2D eigenvalue weighted by molar-refractivity contribution is 6.01. The summed E-state index contributed by atoms with van der Waals surface area (Å²) in [7, 11) is 0. The molecule has 1 atom stereocenters. The van der Waals surface area contributed by atoms with Crippen molar-refractivity contribution >= 4 is 22.6 Å². The van der Waals surface area contributed by atoms with Gasteiger partial charge >= 0.3 is 0 Å². The zero-order valence-electron chi connectivity index (χ0n) is 16.7. The lowest BCUT2D eigenvalue weighted by molar-refractivity contribution is -0.128. The van der Waals surface area contributed by atoms with Crippen molar-refractivity contribution in [2.75, 3.05) is 19.7 Å². The van der Waals surface area contributed by atoms with E-state index in [0.717, 1.165) is 21.9 Å². The summed E-state index contributed by atoms with van der Waals surface area (Å²) >= 11 is 0. The van der Waals surface area contributed by atoms with Gasteiger partial charge in [0.1, 0.15) is 11.9 Å². The molecule has 1 heterocycles. The van der Waals surface area contributed by atoms with Crippen LogP contribution in [0.4, 0.5) is 4.39 Å². The van der Waals surface area contributed by atoms with E-state index in [1.165, 1.54) is 11.0 Å². The SMILES string of the molecule is Cc1ccc(-c2ccc3cc(C(=O)N4CCNC(=O)C4CCO)ccc3c2)c(F)c1. The number of carbonyl (C=O) groups excluding carboxylic acids is 2. The number of amides is 2. The summed E-state index contributed by atoms with van der Waals surface area (Å²) < 4.78 is 14.3. The van der Waals surface area contributed by atoms with Gasteiger partial charge in [-0.25, -0.2) is 4.39 Å². The van der Waals surface area contributed by atoms with Crippen molar-refractivity contribution in [1.82, 2.24) is 10.2 Å². The minimum Gasteiger partial charge on any atom is -0.396 e. The van der Waals surface area contributed by atoms with E-state index >= 15 is 0 Å². The zero-order valence-corrected chi connectivity index (χ0v) is 16.7. The number of rotatable bonds is 4. The Hall–Kier alpha value is -3.25. The van der Waals surface area contributed by atoms with Gasteiger partial charge in [0.25, 0.3) is 5.91 Å². The van der Waals surface area contributed by atoms with Crippen LogP contribution in [0.15, 0.2) is 54.6 Å². The van der Waals surface area contributed by atoms with Crippen LogP contribution in [0.2, 0.25) is 0 Å². The van der Waals surface area contributed by atoms with E-state index in [9.17, 15) is 19.1 Å². The minimum atomic E-state index is -0.668. The van der Waals surface area contributed by atoms with Gasteiger partial charge in [-0.1, -0.05) is 30.3 Å². The van der Waals surface area contributed by atoms with Gasteiger partial charge in [-0.3, -0.25) is 9.59 Å². The smallest absolute Gasteiger partial charge is 0.254 e. The van der Waals surface area contributed by atoms with Gasteiger partial charge in [0.15, 0.2) is 0 Å². The second-order valence-electron chi connectivity index (χ2n) is 7.58. The molecule has 2 N–H and O–H groups in total. The van der Waals surface area contributed by atoms with E-state index in [0.29, 0.717) is 24.2 Å². The van der Waals surface area contributed by atoms with Crippen molar-refractivity contribution < 1.29 is 19.1 Å². The molecule has 3 aromatic carbocycles. The minimum absolute atomic E-state index is 0.169. The number of benzene rings is 3. The number of aryl methyl sites for hydroxylation is 1. The van der Waals surface area contributed by atoms with Gasteiger partial charge < -0.3 is 15.3 Å². The van der Waals surface area contributed by atoms with Gasteiger partial charge in [-0.15, -0.1) is 0 Å². The fourth-order valence-corrected chi connectivity index (χ4v) is 3.93. The van der Waals surface area contributed by atoms with Gasteiger partial charge in [0, 0.05) is 30.8 Å². The quantitative estimate of drug-likeness (QED) is 0.699. The molecule has 4 rings (SSSR count). The molecule has 6 heteroatoms. The highest BCUT2D eigenvalue weighted by atomic mass is 19.1. The number of carbonyl (C=O) groups is 2. The molecule has 30 heavy (non-hydrogen) atoms. The molecular weight excluding hydrogens is 383 g/mol. The summed E-state index contributed by atoms with van der Waals surface area (Å²) in [5.74, 6) is -0.743. The normalized spacial score (nSPS) is 16.6. The third-order valence-corrected chi connectivity index (χ3v) is 5.52. The topological polar surface area (TPSA) is 69.6 Å². The Bertz CT molecular complexity index is 1130. The van der Waals surface area contributed by atoms with E-state index < -0.39 is 6.04 Å². The molecule has 1 fully saturated rings. The fourth-order valence-electron chi connectivity index (χ4n) is 3.93. The predicted octanol–water partition coefficient (Wildman–Crippen LogP) is 3.28. The molecule has 1 aliphatic rings. The monoisotopic (exact) mass is 406 g/mol. The first-order valence-electron chi connectivity index (χ1n) is 9.98. The van der Waals surface area contributed by atoms with Crippen molar-refractivity contribution in [2.45, 2.75) is 19.4 Å². The van der Waals surface area contributed by atoms with E-state index in [-0.39, 0.29) is 30.7 Å². The van der Waals surface area contributed by atoms with Crippen LogP contribution in [0, 0.1) is 12.7 Å². The van der Waals surface area contributed by atoms with Crippen LogP contribution >= 0.6 is 0 Å². The molecule has 0 aromatic heterocycles. The zero-order chi connectivity index (χ0) is 21.3. The lowest BCUT2D eigenvalue weighted by Crippen LogP contribution is -2.57. The van der Waals surface area contributed by atoms with Gasteiger partial charge in [0.05, 0.1) is 0 Å². The van der Waals surface area contributed by atoms with Crippen LogP contribution in [0.1, 0.15) is 22.3 Å². The number of hydrogen-bond acceptors (Lipinski definition) is 3. The Morgan fingerprint density at radius 3 is 2.67 bits per heavy atom. The highest BCUT2D eigenvalue weighted by Crippen LogP contribution is 2.28. The molecule has 0 spiro atoms. The van der Waals surface area contributed by atoms with Crippen LogP contribution in [0.5, 0.6) is 0 Å². The molecule has 2 amide bonds. The Labute approximate surface area is 174 Å². The number of hydrogen-bond donors (Lipinski definition) is 2. The molecule has 0 bridgehead atoms. The molecule has 1 unspecified atom stereocenters. The maximum absolute atomic E-state index is 14.3. The number of halogens is 1. The van der Waals surface area contributed by atoms with Crippen molar-refractivity contribution in [2.24, 2.45) is 0 Å². The van der Waals surface area contributed by atoms with Gasteiger partial charge in [0.2, 0.25) is 5.91 Å². The average Bonchev–Trinajstić information content (AvgIpc) is 2.74. The molecule has 154 valence electrons. The third-order valence-electron chi connectivity index (χ3n) is 5.52. The maximum Gasteiger partial charge on any atom is 0.254 e. The van der Waals surface area contributed by atoms with Gasteiger partial charge in [-0.05, 0) is 59.5 Å². The Balaban J connectivity index is 1.65. The Kier molecular flexibility index (Phi) is 5.50. The number of piperazine rings is 1. The standard InChI is InChI=1S/C24H23FN2O3/c1-15-2-7-20(21(25)12-15)18-5-3-17-14-19(6-4-16(17)13-18)24(30)27-10-9-26-23(29)22(27)8-11-28/h2-7,12-14,22,28H,8-11H2,1H3,(H,26,29). The number of aliphatic hydroxyl groups excluding tert-OH is 1. The van der Waals surface area contributed by atoms with Crippen LogP contribution in [0.25, 0.3) is 21.9 Å². The van der Waals surface area contributed by atoms with Crippen LogP contribution in [-0.2, 0) is 4.79 Å². The van der Waals surface area contributed by atoms with Crippen LogP contribution in [0.3, 0.4) is 0 Å². The largest absolute Gasteiger partial charge is 0.396 e. The van der Waals surface area contributed by atoms with Crippen LogP contribution in [-0.4, -0.2) is 47.6 Å². The van der Waals surface area contributed by atoms with Crippen molar-refractivity contribution in [3.63, 3.8) is 0 Å². The lowest BCUT2D eigenvalue weighted by Gasteiger charge is -2.34. The Morgan fingerprint density at radius 1 is 1.13 bits per heavy atom. The van der Waals surface area contributed by atoms with Crippen molar-refractivity contribution in [1.29, 1.82) is 0 Å². The number of nitrogens with one attached hydrogen (secondary N) is 1. The molecule has 5 nitrogen and oxygen atoms in total. The molecule has 0 aliphatic carbocycles. The second kappa shape index (κ2) is 8.24. The second-order valence-corrected chi connectivity index (χ2v) is 7.58. The Morgan fingerprint density at radius 2 is 1.90 bits per heavy atom. The van der Waals surface area contributed by atoms with E-state index in [2.05, 4.69) is 5.32 Å². The first-order valence-corrected chi connectivity index (χ1v) is 9.98. The fraction of sp³-hybridized carbons (Fsp3) is 0.250. The summed E-state index contributed by atoms with van der Waals surface area (Å²) in [5.41, 5.74) is 2.66. The van der Waals surface area contributed by atoms with Crippen LogP contribution < -0.4 is 5.32 Å². The molecule has 1 saturated heterocycles. The van der Waals surface area contributed by atoms with E-state index in [4.69, 9.17) is 0 Å². The summed E-state index contributed by atoms with van der Waals surface area (Å²) in [6.45, 7) is 2.48. The molecular formula is C24H23FN2O3. The predicted molar refractivity (Wildman–Crippen MR) is 114 cm³/mol. The molecule has 1 aliphatic heterocycles. The maximum atomic E-state index is 14.3. The first-order chi connectivity index (χ1) is 14.5. The van der Waals surface area contributed by atoms with Crippen molar-refractivity contribution in [3.05, 3.63) is 71.5 Å². The number of aliphatic hydroxyl groups is 1. The highest BCUT2D eigenvalue weighted by Gasteiger charge is 2.33. The summed E-state index contributed by atoms with van der Waals surface area (Å²) in [5, 5.41) is 13.8. The molecule has 0 radical (unpaired) electrons. The first kappa shape index (κ1) is 20.0. The van der Waals surface area contributed by atoms with E-state index in [1.54, 1.807) is 18.2 Å². The third kappa shape index (κ3) is 3.78. The summed E-state index contributed by atoms with van der Waals surface area (Å²) in [4.78, 5) is 26.7. The van der Waals surface area contributed by atoms with Crippen molar-refractivity contribution in [3.8, 4) is 11.1 Å².